The minimum atomic E-state index is -1.04. The van der Waals surface area contributed by atoms with E-state index in [0.29, 0.717) is 5.02 Å². The van der Waals surface area contributed by atoms with Crippen molar-refractivity contribution in [1.82, 2.24) is 25.9 Å². The van der Waals surface area contributed by atoms with Crippen molar-refractivity contribution in [3.05, 3.63) is 64.9 Å². The number of carboxylic acids is 1. The maximum atomic E-state index is 12.1. The third kappa shape index (κ3) is 4.89. The molecule has 3 N–H and O–H groups in total. The van der Waals surface area contributed by atoms with E-state index in [-0.39, 0.29) is 18.7 Å². The van der Waals surface area contributed by atoms with Gasteiger partial charge in [0.25, 0.3) is 11.7 Å². The van der Waals surface area contributed by atoms with Crippen molar-refractivity contribution < 1.29 is 14.7 Å². The maximum absolute atomic E-state index is 12.1. The highest BCUT2D eigenvalue weighted by Crippen LogP contribution is 2.26. The van der Waals surface area contributed by atoms with E-state index in [0.717, 1.165) is 16.7 Å². The quantitative estimate of drug-likeness (QED) is 0.574. The van der Waals surface area contributed by atoms with Gasteiger partial charge in [0, 0.05) is 11.1 Å². The van der Waals surface area contributed by atoms with Crippen LogP contribution in [0.3, 0.4) is 0 Å². The van der Waals surface area contributed by atoms with Crippen LogP contribution in [0.4, 0.5) is 0 Å². The van der Waals surface area contributed by atoms with Gasteiger partial charge in [-0.3, -0.25) is 9.59 Å². The number of aromatic nitrogens is 4. The van der Waals surface area contributed by atoms with E-state index in [2.05, 4.69) is 25.9 Å². The van der Waals surface area contributed by atoms with Gasteiger partial charge in [0.15, 0.2) is 0 Å². The second kappa shape index (κ2) is 8.41. The number of aromatic amines is 1. The fourth-order valence-electron chi connectivity index (χ4n) is 2.68. The fraction of sp³-hybridized carbons (Fsp3) is 0.167. The summed E-state index contributed by atoms with van der Waals surface area (Å²) in [6.07, 6.45) is -0.00977. The number of H-pyrrole nitrogens is 1. The van der Waals surface area contributed by atoms with Crippen LogP contribution in [0.15, 0.2) is 48.5 Å². The summed E-state index contributed by atoms with van der Waals surface area (Å²) in [5.41, 5.74) is 2.71. The van der Waals surface area contributed by atoms with Gasteiger partial charge in [-0.05, 0) is 34.4 Å². The molecule has 0 aliphatic rings. The second-order valence-electron chi connectivity index (χ2n) is 5.88. The lowest BCUT2D eigenvalue weighted by molar-refractivity contribution is -0.137. The van der Waals surface area contributed by atoms with Crippen molar-refractivity contribution in [2.45, 2.75) is 18.9 Å². The highest BCUT2D eigenvalue weighted by molar-refractivity contribution is 6.31. The van der Waals surface area contributed by atoms with Gasteiger partial charge in [-0.25, -0.2) is 0 Å². The summed E-state index contributed by atoms with van der Waals surface area (Å²) < 4.78 is 0. The van der Waals surface area contributed by atoms with Crippen LogP contribution in [-0.4, -0.2) is 43.6 Å². The third-order valence-electron chi connectivity index (χ3n) is 3.93. The molecule has 1 atom stereocenters. The van der Waals surface area contributed by atoms with Crippen LogP contribution >= 0.6 is 11.6 Å². The number of benzene rings is 2. The Balaban J connectivity index is 1.77. The number of rotatable bonds is 7. The van der Waals surface area contributed by atoms with Gasteiger partial charge < -0.3 is 10.4 Å². The Kier molecular flexibility index (Phi) is 5.77. The van der Waals surface area contributed by atoms with Gasteiger partial charge in [0.05, 0.1) is 6.42 Å². The lowest BCUT2D eigenvalue weighted by Gasteiger charge is -2.17. The molecule has 0 bridgehead atoms. The largest absolute Gasteiger partial charge is 0.481 e. The minimum Gasteiger partial charge on any atom is -0.481 e. The average Bonchev–Trinajstić information content (AvgIpc) is 3.18. The van der Waals surface area contributed by atoms with E-state index in [1.165, 1.54) is 0 Å². The Labute approximate surface area is 159 Å². The smallest absolute Gasteiger partial charge is 0.305 e. The number of nitrogens with zero attached hydrogens (tertiary/aromatic N) is 3. The van der Waals surface area contributed by atoms with Crippen molar-refractivity contribution in [2.24, 2.45) is 0 Å². The number of carbonyl (C=O) groups is 2. The molecule has 0 saturated heterocycles. The number of amides is 1. The zero-order valence-corrected chi connectivity index (χ0v) is 14.8. The second-order valence-corrected chi connectivity index (χ2v) is 6.29. The molecule has 0 radical (unpaired) electrons. The molecule has 138 valence electrons. The van der Waals surface area contributed by atoms with Crippen LogP contribution in [0.1, 0.15) is 22.6 Å². The Morgan fingerprint density at radius 2 is 1.93 bits per heavy atom. The average molecular weight is 386 g/mol. The summed E-state index contributed by atoms with van der Waals surface area (Å²) in [6, 6.07) is 14.7. The molecular weight excluding hydrogens is 370 g/mol. The summed E-state index contributed by atoms with van der Waals surface area (Å²) in [5.74, 6) is -1.80. The van der Waals surface area contributed by atoms with Gasteiger partial charge in [0.2, 0.25) is 0 Å². The summed E-state index contributed by atoms with van der Waals surface area (Å²) in [7, 11) is 0. The Bertz CT molecular complexity index is 931. The summed E-state index contributed by atoms with van der Waals surface area (Å²) in [6.45, 7) is 0. The molecule has 0 spiro atoms. The molecule has 1 unspecified atom stereocenters. The first-order chi connectivity index (χ1) is 13.0. The molecular formula is C18H16ClN5O3. The van der Waals surface area contributed by atoms with Crippen molar-refractivity contribution >= 4 is 23.5 Å². The van der Waals surface area contributed by atoms with Crippen LogP contribution in [0.2, 0.25) is 5.02 Å². The minimum absolute atomic E-state index is 0.157. The van der Waals surface area contributed by atoms with E-state index in [1.54, 1.807) is 0 Å². The van der Waals surface area contributed by atoms with Crippen molar-refractivity contribution in [2.75, 3.05) is 0 Å². The van der Waals surface area contributed by atoms with E-state index in [4.69, 9.17) is 16.7 Å². The first-order valence-electron chi connectivity index (χ1n) is 8.13. The van der Waals surface area contributed by atoms with Gasteiger partial charge in [-0.15, -0.1) is 10.2 Å². The molecule has 3 aromatic rings. The monoisotopic (exact) mass is 385 g/mol. The van der Waals surface area contributed by atoms with Gasteiger partial charge >= 0.3 is 5.97 Å². The molecule has 2 aromatic carbocycles. The molecule has 8 nitrogen and oxygen atoms in total. The number of hydrogen-bond acceptors (Lipinski definition) is 5. The Morgan fingerprint density at radius 3 is 2.56 bits per heavy atom. The molecule has 9 heteroatoms. The van der Waals surface area contributed by atoms with Crippen LogP contribution in [0, 0.1) is 0 Å². The van der Waals surface area contributed by atoms with Crippen molar-refractivity contribution in [3.8, 4) is 11.1 Å². The van der Waals surface area contributed by atoms with Gasteiger partial charge in [0.1, 0.15) is 0 Å². The molecule has 1 heterocycles. The number of hydrogen-bond donors (Lipinski definition) is 3. The zero-order valence-electron chi connectivity index (χ0n) is 14.1. The van der Waals surface area contributed by atoms with Crippen LogP contribution in [0.25, 0.3) is 11.1 Å². The molecule has 27 heavy (non-hydrogen) atoms. The molecule has 3 rings (SSSR count). The first-order valence-corrected chi connectivity index (χ1v) is 8.50. The predicted octanol–water partition coefficient (Wildman–Crippen LogP) is 2.34. The Hall–Kier alpha value is -3.26. The van der Waals surface area contributed by atoms with Gasteiger partial charge in [-0.1, -0.05) is 54.1 Å². The summed E-state index contributed by atoms with van der Waals surface area (Å²) in [5, 5.41) is 24.9. The SMILES string of the molecule is O=C(O)CC(Cc1ccc(-c2ccccc2)cc1Cl)NC(=O)c1nn[nH]n1. The number of aliphatic carboxylic acids is 1. The van der Waals surface area contributed by atoms with Crippen LogP contribution in [0.5, 0.6) is 0 Å². The zero-order chi connectivity index (χ0) is 19.2. The third-order valence-corrected chi connectivity index (χ3v) is 4.28. The summed E-state index contributed by atoms with van der Waals surface area (Å²) in [4.78, 5) is 23.2. The normalized spacial score (nSPS) is 11.7. The number of nitrogens with one attached hydrogen (secondary N) is 2. The van der Waals surface area contributed by atoms with E-state index >= 15 is 0 Å². The number of halogens is 1. The highest BCUT2D eigenvalue weighted by atomic mass is 35.5. The van der Waals surface area contributed by atoms with Crippen molar-refractivity contribution in [1.29, 1.82) is 0 Å². The van der Waals surface area contributed by atoms with E-state index < -0.39 is 17.9 Å². The Morgan fingerprint density at radius 1 is 1.15 bits per heavy atom. The number of tetrazole rings is 1. The highest BCUT2D eigenvalue weighted by Gasteiger charge is 2.21. The molecule has 0 saturated carbocycles. The van der Waals surface area contributed by atoms with E-state index in [1.807, 2.05) is 48.5 Å². The molecule has 1 aromatic heterocycles. The fourth-order valence-corrected chi connectivity index (χ4v) is 2.94. The molecule has 1 amide bonds. The van der Waals surface area contributed by atoms with Crippen molar-refractivity contribution in [3.63, 3.8) is 0 Å². The lowest BCUT2D eigenvalue weighted by atomic mass is 9.99. The van der Waals surface area contributed by atoms with Crippen LogP contribution in [-0.2, 0) is 11.2 Å². The summed E-state index contributed by atoms with van der Waals surface area (Å²) >= 11 is 6.40. The lowest BCUT2D eigenvalue weighted by Crippen LogP contribution is -2.38. The molecule has 0 fully saturated rings. The molecule has 0 aliphatic heterocycles. The van der Waals surface area contributed by atoms with Crippen LogP contribution < -0.4 is 5.32 Å². The number of carbonyl (C=O) groups excluding carboxylic acids is 1. The predicted molar refractivity (Wildman–Crippen MR) is 98.3 cm³/mol. The maximum Gasteiger partial charge on any atom is 0.305 e. The topological polar surface area (TPSA) is 121 Å². The van der Waals surface area contributed by atoms with E-state index in [9.17, 15) is 9.59 Å². The number of carboxylic acid groups (broad SMARTS) is 1. The molecule has 0 aliphatic carbocycles. The standard InChI is InChI=1S/C18H16ClN5O3/c19-15-9-12(11-4-2-1-3-5-11)6-7-13(15)8-14(10-16(25)26)20-18(27)17-21-23-24-22-17/h1-7,9,14H,8,10H2,(H,20,27)(H,25,26)(H,21,22,23,24). The first kappa shape index (κ1) is 18.5. The van der Waals surface area contributed by atoms with Gasteiger partial charge in [-0.2, -0.15) is 5.21 Å².